The van der Waals surface area contributed by atoms with Crippen LogP contribution in [-0.4, -0.2) is 15.3 Å². The van der Waals surface area contributed by atoms with Gasteiger partial charge in [-0.2, -0.15) is 0 Å². The number of carbonyl (C=O) groups is 1. The average molecular weight is 261 g/mol. The number of hydrogen-bond acceptors (Lipinski definition) is 3. The van der Waals surface area contributed by atoms with Crippen LogP contribution in [0.3, 0.4) is 0 Å². The molecule has 1 heterocycles. The van der Waals surface area contributed by atoms with Gasteiger partial charge in [0.2, 0.25) is 0 Å². The third kappa shape index (κ3) is 2.66. The molecule has 1 rings (SSSR count). The van der Waals surface area contributed by atoms with Crippen LogP contribution in [-0.2, 0) is 11.3 Å². The van der Waals surface area contributed by atoms with Gasteiger partial charge < -0.3 is 0 Å². The molecule has 0 radical (unpaired) electrons. The number of carbonyl (C=O) groups excluding carboxylic acids is 1. The van der Waals surface area contributed by atoms with E-state index >= 15 is 0 Å². The Morgan fingerprint density at radius 3 is 2.79 bits per heavy atom. The highest BCUT2D eigenvalue weighted by molar-refractivity contribution is 9.10. The number of nitrogens with one attached hydrogen (secondary N) is 1. The predicted octanol–water partition coefficient (Wildman–Crippen LogP) is 0.278. The van der Waals surface area contributed by atoms with Gasteiger partial charge in [-0.25, -0.2) is 4.79 Å². The summed E-state index contributed by atoms with van der Waals surface area (Å²) in [4.78, 5) is 34.9. The standard InChI is InChI=1S/C8H9BrN2O3/c1-5(12)2-3-11-4-6(9)7(13)10-8(11)14/h4H,2-3H2,1H3,(H,10,13,14). The van der Waals surface area contributed by atoms with Crippen LogP contribution in [0.15, 0.2) is 20.3 Å². The number of nitrogens with zero attached hydrogens (tertiary/aromatic N) is 1. The van der Waals surface area contributed by atoms with E-state index in [2.05, 4.69) is 20.9 Å². The molecule has 1 N–H and O–H groups in total. The third-order valence-electron chi connectivity index (χ3n) is 1.67. The molecular weight excluding hydrogens is 252 g/mol. The number of halogens is 1. The maximum Gasteiger partial charge on any atom is 0.328 e. The predicted molar refractivity (Wildman–Crippen MR) is 54.3 cm³/mol. The van der Waals surface area contributed by atoms with Gasteiger partial charge in [-0.3, -0.25) is 19.1 Å². The number of H-pyrrole nitrogens is 1. The molecule has 1 aromatic rings. The van der Waals surface area contributed by atoms with Gasteiger partial charge in [0, 0.05) is 19.2 Å². The van der Waals surface area contributed by atoms with Gasteiger partial charge in [0.25, 0.3) is 5.56 Å². The van der Waals surface area contributed by atoms with Crippen LogP contribution in [0.1, 0.15) is 13.3 Å². The number of Topliss-reactive ketones (excluding diaryl/α,β-unsaturated/α-hetero) is 1. The van der Waals surface area contributed by atoms with Crippen LogP contribution < -0.4 is 11.2 Å². The van der Waals surface area contributed by atoms with Crippen molar-refractivity contribution in [1.82, 2.24) is 9.55 Å². The minimum absolute atomic E-state index is 0.000720. The molecule has 76 valence electrons. The number of ketones is 1. The van der Waals surface area contributed by atoms with E-state index < -0.39 is 11.2 Å². The van der Waals surface area contributed by atoms with Crippen molar-refractivity contribution in [1.29, 1.82) is 0 Å². The average Bonchev–Trinajstić information content (AvgIpc) is 2.09. The van der Waals surface area contributed by atoms with Crippen LogP contribution in [0.25, 0.3) is 0 Å². The van der Waals surface area contributed by atoms with Crippen LogP contribution >= 0.6 is 15.9 Å². The summed E-state index contributed by atoms with van der Waals surface area (Å²) in [7, 11) is 0. The first-order chi connectivity index (χ1) is 6.50. The largest absolute Gasteiger partial charge is 0.328 e. The second-order valence-corrected chi connectivity index (χ2v) is 3.74. The number of rotatable bonds is 3. The van der Waals surface area contributed by atoms with Gasteiger partial charge in [-0.1, -0.05) is 0 Å². The molecule has 6 heteroatoms. The van der Waals surface area contributed by atoms with E-state index in [9.17, 15) is 14.4 Å². The van der Waals surface area contributed by atoms with Crippen molar-refractivity contribution in [3.63, 3.8) is 0 Å². The number of hydrogen-bond donors (Lipinski definition) is 1. The minimum atomic E-state index is -0.501. The molecule has 0 amide bonds. The van der Waals surface area contributed by atoms with Gasteiger partial charge in [0.05, 0.1) is 4.47 Å². The summed E-state index contributed by atoms with van der Waals surface area (Å²) in [5, 5.41) is 0. The lowest BCUT2D eigenvalue weighted by Crippen LogP contribution is -2.30. The van der Waals surface area contributed by atoms with Gasteiger partial charge in [-0.05, 0) is 22.9 Å². The molecule has 1 aromatic heterocycles. The maximum atomic E-state index is 11.2. The van der Waals surface area contributed by atoms with E-state index in [1.165, 1.54) is 17.7 Å². The summed E-state index contributed by atoms with van der Waals surface area (Å²) in [6.45, 7) is 1.73. The Labute approximate surface area is 87.9 Å². The molecule has 0 aromatic carbocycles. The lowest BCUT2D eigenvalue weighted by molar-refractivity contribution is -0.117. The zero-order chi connectivity index (χ0) is 10.7. The lowest BCUT2D eigenvalue weighted by atomic mass is 10.3. The Kier molecular flexibility index (Phi) is 3.40. The van der Waals surface area contributed by atoms with E-state index in [1.54, 1.807) is 0 Å². The zero-order valence-corrected chi connectivity index (χ0v) is 9.13. The van der Waals surface area contributed by atoms with Crippen molar-refractivity contribution in [2.24, 2.45) is 0 Å². The van der Waals surface area contributed by atoms with Gasteiger partial charge in [0.1, 0.15) is 5.78 Å². The number of aromatic amines is 1. The van der Waals surface area contributed by atoms with Gasteiger partial charge in [0.15, 0.2) is 0 Å². The molecule has 0 aliphatic rings. The Balaban J connectivity index is 2.99. The smallest absolute Gasteiger partial charge is 0.300 e. The SMILES string of the molecule is CC(=O)CCn1cc(Br)c(=O)[nH]c1=O. The molecule has 0 saturated carbocycles. The van der Waals surface area contributed by atoms with Crippen LogP contribution in [0, 0.1) is 0 Å². The molecule has 0 bridgehead atoms. The van der Waals surface area contributed by atoms with Crippen molar-refractivity contribution in [3.8, 4) is 0 Å². The topological polar surface area (TPSA) is 71.9 Å². The van der Waals surface area contributed by atoms with Gasteiger partial charge >= 0.3 is 5.69 Å². The first-order valence-corrected chi connectivity index (χ1v) is 4.78. The fraction of sp³-hybridized carbons (Fsp3) is 0.375. The van der Waals surface area contributed by atoms with E-state index in [0.717, 1.165) is 0 Å². The first-order valence-electron chi connectivity index (χ1n) is 3.99. The fourth-order valence-electron chi connectivity index (χ4n) is 0.927. The summed E-state index contributed by atoms with van der Waals surface area (Å²) < 4.78 is 1.56. The first kappa shape index (κ1) is 10.9. The molecule has 0 atom stereocenters. The number of aryl methyl sites for hydroxylation is 1. The van der Waals surface area contributed by atoms with Crippen LogP contribution in [0.4, 0.5) is 0 Å². The summed E-state index contributed by atoms with van der Waals surface area (Å²) in [6, 6.07) is 0. The highest BCUT2D eigenvalue weighted by Gasteiger charge is 2.02. The number of aromatic nitrogens is 2. The lowest BCUT2D eigenvalue weighted by Gasteiger charge is -2.02. The Bertz CT molecular complexity index is 460. The van der Waals surface area contributed by atoms with E-state index in [4.69, 9.17) is 0 Å². The van der Waals surface area contributed by atoms with E-state index in [1.807, 2.05) is 0 Å². The van der Waals surface area contributed by atoms with Crippen molar-refractivity contribution in [2.45, 2.75) is 19.9 Å². The second-order valence-electron chi connectivity index (χ2n) is 2.88. The normalized spacial score (nSPS) is 10.1. The summed E-state index contributed by atoms with van der Waals surface area (Å²) in [5.41, 5.74) is -0.964. The summed E-state index contributed by atoms with van der Waals surface area (Å²) in [6.07, 6.45) is 1.66. The third-order valence-corrected chi connectivity index (χ3v) is 2.24. The van der Waals surface area contributed by atoms with Crippen molar-refractivity contribution >= 4 is 21.7 Å². The molecular formula is C8H9BrN2O3. The molecule has 5 nitrogen and oxygen atoms in total. The van der Waals surface area contributed by atoms with Gasteiger partial charge in [-0.15, -0.1) is 0 Å². The molecule has 0 unspecified atom stereocenters. The minimum Gasteiger partial charge on any atom is -0.300 e. The summed E-state index contributed by atoms with van der Waals surface area (Å²) >= 11 is 3.00. The summed E-state index contributed by atoms with van der Waals surface area (Å²) in [5.74, 6) is -0.000720. The fourth-order valence-corrected chi connectivity index (χ4v) is 1.27. The second kappa shape index (κ2) is 4.36. The Morgan fingerprint density at radius 2 is 2.21 bits per heavy atom. The van der Waals surface area contributed by atoms with Crippen LogP contribution in [0.5, 0.6) is 0 Å². The monoisotopic (exact) mass is 260 g/mol. The Hall–Kier alpha value is -1.17. The van der Waals surface area contributed by atoms with Crippen LogP contribution in [0.2, 0.25) is 0 Å². The van der Waals surface area contributed by atoms with E-state index in [0.29, 0.717) is 0 Å². The highest BCUT2D eigenvalue weighted by Crippen LogP contribution is 1.98. The van der Waals surface area contributed by atoms with E-state index in [-0.39, 0.29) is 23.2 Å². The molecule has 14 heavy (non-hydrogen) atoms. The maximum absolute atomic E-state index is 11.2. The Morgan fingerprint density at radius 1 is 1.57 bits per heavy atom. The van der Waals surface area contributed by atoms with Crippen molar-refractivity contribution < 1.29 is 4.79 Å². The quantitative estimate of drug-likeness (QED) is 0.849. The molecule has 0 aliphatic heterocycles. The van der Waals surface area contributed by atoms with Crippen molar-refractivity contribution in [2.75, 3.05) is 0 Å². The van der Waals surface area contributed by atoms with Crippen molar-refractivity contribution in [3.05, 3.63) is 31.5 Å². The molecule has 0 spiro atoms. The highest BCUT2D eigenvalue weighted by atomic mass is 79.9. The zero-order valence-electron chi connectivity index (χ0n) is 7.54. The molecule has 0 aliphatic carbocycles. The molecule has 0 fully saturated rings. The molecule has 0 saturated heterocycles.